The van der Waals surface area contributed by atoms with Gasteiger partial charge in [-0.3, -0.25) is 0 Å². The van der Waals surface area contributed by atoms with Crippen LogP contribution >= 0.6 is 11.3 Å². The van der Waals surface area contributed by atoms with Crippen LogP contribution in [0, 0.1) is 0 Å². The highest BCUT2D eigenvalue weighted by atomic mass is 32.2. The maximum Gasteiger partial charge on any atom is 0.214 e. The van der Waals surface area contributed by atoms with Crippen molar-refractivity contribution in [3.05, 3.63) is 70.9 Å². The molecule has 1 aliphatic heterocycles. The molecule has 1 saturated heterocycles. The molecule has 0 bridgehead atoms. The van der Waals surface area contributed by atoms with Gasteiger partial charge in [-0.1, -0.05) is 48.5 Å². The van der Waals surface area contributed by atoms with E-state index in [2.05, 4.69) is 45.8 Å². The van der Waals surface area contributed by atoms with E-state index in [4.69, 9.17) is 0 Å². The van der Waals surface area contributed by atoms with Crippen LogP contribution in [0.3, 0.4) is 0 Å². The topological polar surface area (TPSA) is 80.3 Å². The molecule has 5 nitrogen and oxygen atoms in total. The molecule has 170 valence electrons. The molecular weight excluding hydrogens is 462 g/mol. The molecule has 0 radical (unpaired) electrons. The maximum atomic E-state index is 12.4. The summed E-state index contributed by atoms with van der Waals surface area (Å²) in [7, 11) is -6.71. The van der Waals surface area contributed by atoms with E-state index in [0.29, 0.717) is 0 Å². The Balaban J connectivity index is 1.58. The molecule has 0 saturated carbocycles. The first-order valence-electron chi connectivity index (χ1n) is 10.6. The van der Waals surface area contributed by atoms with Gasteiger partial charge in [-0.05, 0) is 64.9 Å². The van der Waals surface area contributed by atoms with Gasteiger partial charge in [0.05, 0.1) is 16.8 Å². The van der Waals surface area contributed by atoms with Gasteiger partial charge in [0, 0.05) is 12.0 Å². The Morgan fingerprint density at radius 3 is 2.00 bits per heavy atom. The molecule has 2 heterocycles. The van der Waals surface area contributed by atoms with Gasteiger partial charge in [0.25, 0.3) is 0 Å². The van der Waals surface area contributed by atoms with Crippen LogP contribution in [0.15, 0.2) is 65.4 Å². The van der Waals surface area contributed by atoms with Crippen LogP contribution in [0.25, 0.3) is 22.3 Å². The van der Waals surface area contributed by atoms with Gasteiger partial charge in [-0.25, -0.2) is 21.6 Å². The Kier molecular flexibility index (Phi) is 6.58. The average Bonchev–Trinajstić information content (AvgIpc) is 3.30. The SMILES string of the molecule is CC(C)S(=O)(=O)NC1CCS(=O)(=O)CC1c1ccc(-c2ccc(-c3ccsc3)cc2)cc1. The second kappa shape index (κ2) is 9.09. The molecule has 32 heavy (non-hydrogen) atoms. The number of sulfone groups is 1. The number of sulfonamides is 1. The van der Waals surface area contributed by atoms with E-state index in [1.165, 1.54) is 11.1 Å². The first-order valence-corrected chi connectivity index (χ1v) is 14.9. The molecule has 0 spiro atoms. The van der Waals surface area contributed by atoms with Crippen molar-refractivity contribution in [1.82, 2.24) is 4.72 Å². The lowest BCUT2D eigenvalue weighted by Crippen LogP contribution is -2.48. The van der Waals surface area contributed by atoms with E-state index in [1.807, 2.05) is 24.3 Å². The number of nitrogens with one attached hydrogen (secondary N) is 1. The first kappa shape index (κ1) is 23.2. The predicted molar refractivity (Wildman–Crippen MR) is 132 cm³/mol. The maximum absolute atomic E-state index is 12.4. The van der Waals surface area contributed by atoms with Gasteiger partial charge in [0.2, 0.25) is 10.0 Å². The van der Waals surface area contributed by atoms with Crippen molar-refractivity contribution >= 4 is 31.2 Å². The van der Waals surface area contributed by atoms with Gasteiger partial charge in [-0.15, -0.1) is 0 Å². The van der Waals surface area contributed by atoms with E-state index in [1.54, 1.807) is 25.2 Å². The lowest BCUT2D eigenvalue weighted by molar-refractivity contribution is 0.462. The second-order valence-corrected chi connectivity index (χ2v) is 13.8. The molecule has 2 unspecified atom stereocenters. The number of benzene rings is 2. The smallest absolute Gasteiger partial charge is 0.214 e. The highest BCUT2D eigenvalue weighted by Gasteiger charge is 2.36. The zero-order valence-electron chi connectivity index (χ0n) is 18.1. The summed E-state index contributed by atoms with van der Waals surface area (Å²) in [5, 5.41) is 3.61. The summed E-state index contributed by atoms with van der Waals surface area (Å²) in [6.07, 6.45) is 0.282. The summed E-state index contributed by atoms with van der Waals surface area (Å²) in [6.45, 7) is 3.24. The molecule has 1 fully saturated rings. The second-order valence-electron chi connectivity index (χ2n) is 8.54. The molecule has 2 atom stereocenters. The molecule has 8 heteroatoms. The molecule has 1 aromatic heterocycles. The quantitative estimate of drug-likeness (QED) is 0.545. The van der Waals surface area contributed by atoms with Gasteiger partial charge < -0.3 is 0 Å². The number of hydrogen-bond acceptors (Lipinski definition) is 5. The van der Waals surface area contributed by atoms with Crippen LogP contribution in [-0.4, -0.2) is 39.6 Å². The zero-order valence-corrected chi connectivity index (χ0v) is 20.5. The minimum atomic E-state index is -3.49. The van der Waals surface area contributed by atoms with Crippen molar-refractivity contribution in [1.29, 1.82) is 0 Å². The van der Waals surface area contributed by atoms with Crippen LogP contribution in [-0.2, 0) is 19.9 Å². The van der Waals surface area contributed by atoms with E-state index >= 15 is 0 Å². The minimum Gasteiger partial charge on any atom is -0.229 e. The Bertz CT molecular complexity index is 1260. The Labute approximate surface area is 194 Å². The van der Waals surface area contributed by atoms with Crippen molar-refractivity contribution < 1.29 is 16.8 Å². The van der Waals surface area contributed by atoms with Crippen LogP contribution in [0.5, 0.6) is 0 Å². The molecule has 1 aliphatic rings. The Morgan fingerprint density at radius 2 is 1.47 bits per heavy atom. The number of rotatable bonds is 6. The summed E-state index contributed by atoms with van der Waals surface area (Å²) >= 11 is 1.67. The molecule has 0 aliphatic carbocycles. The fraction of sp³-hybridized carbons (Fsp3) is 0.333. The van der Waals surface area contributed by atoms with E-state index < -0.39 is 37.1 Å². The van der Waals surface area contributed by atoms with Gasteiger partial charge >= 0.3 is 0 Å². The first-order chi connectivity index (χ1) is 15.1. The third-order valence-corrected chi connectivity index (χ3v) is 10.3. The summed E-state index contributed by atoms with van der Waals surface area (Å²) in [4.78, 5) is 0. The normalized spacial score (nSPS) is 21.0. The van der Waals surface area contributed by atoms with E-state index in [9.17, 15) is 16.8 Å². The van der Waals surface area contributed by atoms with Crippen molar-refractivity contribution in [2.45, 2.75) is 37.5 Å². The minimum absolute atomic E-state index is 0.00332. The largest absolute Gasteiger partial charge is 0.229 e. The summed E-state index contributed by atoms with van der Waals surface area (Å²) in [6, 6.07) is 17.8. The van der Waals surface area contributed by atoms with Crippen LogP contribution < -0.4 is 4.72 Å². The summed E-state index contributed by atoms with van der Waals surface area (Å²) in [5.74, 6) is -0.451. The van der Waals surface area contributed by atoms with Crippen molar-refractivity contribution in [2.24, 2.45) is 0 Å². The lowest BCUT2D eigenvalue weighted by Gasteiger charge is -2.32. The van der Waals surface area contributed by atoms with Gasteiger partial charge in [0.1, 0.15) is 0 Å². The predicted octanol–water partition coefficient (Wildman–Crippen LogP) is 4.68. The van der Waals surface area contributed by atoms with Gasteiger partial charge in [-0.2, -0.15) is 11.3 Å². The van der Waals surface area contributed by atoms with Gasteiger partial charge in [0.15, 0.2) is 9.84 Å². The third kappa shape index (κ3) is 5.14. The molecule has 4 rings (SSSR count). The molecule has 0 amide bonds. The van der Waals surface area contributed by atoms with E-state index in [-0.39, 0.29) is 17.9 Å². The highest BCUT2D eigenvalue weighted by molar-refractivity contribution is 7.91. The fourth-order valence-corrected chi connectivity index (χ4v) is 7.40. The van der Waals surface area contributed by atoms with Crippen LogP contribution in [0.2, 0.25) is 0 Å². The van der Waals surface area contributed by atoms with Crippen molar-refractivity contribution in [3.8, 4) is 22.3 Å². The lowest BCUT2D eigenvalue weighted by atomic mass is 9.90. The third-order valence-electron chi connectivity index (χ3n) is 6.01. The van der Waals surface area contributed by atoms with Crippen LogP contribution in [0.4, 0.5) is 0 Å². The number of hydrogen-bond donors (Lipinski definition) is 1. The molecular formula is C24H27NO4S3. The van der Waals surface area contributed by atoms with Crippen LogP contribution in [0.1, 0.15) is 31.7 Å². The van der Waals surface area contributed by atoms with Crippen molar-refractivity contribution in [2.75, 3.05) is 11.5 Å². The number of thiophene rings is 1. The Morgan fingerprint density at radius 1 is 0.906 bits per heavy atom. The molecule has 3 aromatic rings. The molecule has 2 aromatic carbocycles. The van der Waals surface area contributed by atoms with Crippen molar-refractivity contribution in [3.63, 3.8) is 0 Å². The Hall–Kier alpha value is -2.00. The van der Waals surface area contributed by atoms with E-state index in [0.717, 1.165) is 16.7 Å². The summed E-state index contributed by atoms with van der Waals surface area (Å²) < 4.78 is 52.3. The fourth-order valence-electron chi connectivity index (χ4n) is 4.00. The highest BCUT2D eigenvalue weighted by Crippen LogP contribution is 2.32. The standard InChI is InChI=1S/C24H27NO4S3/c1-17(2)32(28,29)25-24-12-14-31(26,27)16-23(24)21-9-7-19(8-10-21)18-3-5-20(6-4-18)22-11-13-30-15-22/h3-11,13,15,17,23-25H,12,14,16H2,1-2H3. The zero-order chi connectivity index (χ0) is 22.9. The average molecular weight is 490 g/mol. The summed E-state index contributed by atoms with van der Waals surface area (Å²) in [5.41, 5.74) is 5.31. The molecule has 1 N–H and O–H groups in total. The monoisotopic (exact) mass is 489 g/mol.